The fourth-order valence-electron chi connectivity index (χ4n) is 8.23. The molecule has 6 fully saturated rings. The van der Waals surface area contributed by atoms with Gasteiger partial charge in [-0.15, -0.1) is 0 Å². The third-order valence-electron chi connectivity index (χ3n) is 9.10. The summed E-state index contributed by atoms with van der Waals surface area (Å²) in [5.74, 6) is -3.90. The highest BCUT2D eigenvalue weighted by molar-refractivity contribution is 6.04. The number of carbonyl (C=O) groups excluding carboxylic acids is 2. The van der Waals surface area contributed by atoms with Crippen molar-refractivity contribution in [1.29, 1.82) is 0 Å². The maximum Gasteiger partial charge on any atom is 0.302 e. The minimum absolute atomic E-state index is 0.126. The predicted molar refractivity (Wildman–Crippen MR) is 100 cm³/mol. The van der Waals surface area contributed by atoms with Crippen molar-refractivity contribution in [3.63, 3.8) is 0 Å². The van der Waals surface area contributed by atoms with Crippen LogP contribution in [0, 0.1) is 34.0 Å². The molecule has 0 amide bonds. The second-order valence-electron chi connectivity index (χ2n) is 10.4. The average Bonchev–Trinajstić information content (AvgIpc) is 2.85. The summed E-state index contributed by atoms with van der Waals surface area (Å²) in [5, 5.41) is 34.5. The van der Waals surface area contributed by atoms with Crippen LogP contribution in [0.2, 0.25) is 0 Å². The minimum atomic E-state index is -2.07. The Morgan fingerprint density at radius 2 is 2.03 bits per heavy atom. The van der Waals surface area contributed by atoms with Crippen LogP contribution in [-0.4, -0.2) is 58.3 Å². The predicted octanol–water partition coefficient (Wildman–Crippen LogP) is 0.948. The third-order valence-corrected chi connectivity index (χ3v) is 9.10. The number of aliphatic hydroxyl groups is 3. The summed E-state index contributed by atoms with van der Waals surface area (Å²) in [5.41, 5.74) is -2.19. The van der Waals surface area contributed by atoms with Crippen molar-refractivity contribution < 1.29 is 34.4 Å². The zero-order valence-corrected chi connectivity index (χ0v) is 17.0. The van der Waals surface area contributed by atoms with E-state index < -0.39 is 52.0 Å². The lowest BCUT2D eigenvalue weighted by molar-refractivity contribution is -0.446. The maximum absolute atomic E-state index is 13.4. The molecular formula is C22H30O7. The van der Waals surface area contributed by atoms with Gasteiger partial charge in [0.2, 0.25) is 5.79 Å². The van der Waals surface area contributed by atoms with Crippen LogP contribution < -0.4 is 0 Å². The summed E-state index contributed by atoms with van der Waals surface area (Å²) in [4.78, 5) is 24.9. The zero-order chi connectivity index (χ0) is 21.0. The molecule has 3 N–H and O–H groups in total. The molecule has 9 atom stereocenters. The van der Waals surface area contributed by atoms with Gasteiger partial charge < -0.3 is 24.8 Å². The molecule has 4 saturated carbocycles. The first-order valence-electron chi connectivity index (χ1n) is 10.6. The van der Waals surface area contributed by atoms with Crippen molar-refractivity contribution in [2.45, 2.75) is 63.9 Å². The van der Waals surface area contributed by atoms with Gasteiger partial charge in [-0.05, 0) is 37.2 Å². The van der Waals surface area contributed by atoms with Crippen molar-refractivity contribution in [2.24, 2.45) is 34.0 Å². The summed E-state index contributed by atoms with van der Waals surface area (Å²) in [6, 6.07) is 0. The number of hydrogen-bond acceptors (Lipinski definition) is 7. The molecule has 0 aromatic carbocycles. The lowest BCUT2D eigenvalue weighted by atomic mass is 9.36. The highest BCUT2D eigenvalue weighted by atomic mass is 16.6. The quantitative estimate of drug-likeness (QED) is 0.462. The standard InChI is InChI=1S/C22H30O7/c1-11-13-7-14(24)15-20-6-4-5-19(3,9-28-12(2)23)16(20)18(26)22(27,29-10-20)21(15,8-13)17(11)25/h13-16,18,24,26-27H,1,4-10H2,2-3H3/t13-,14-,15?,16-,18+,19+,20-,21+,22-/m1/s1. The summed E-state index contributed by atoms with van der Waals surface area (Å²) < 4.78 is 11.3. The number of rotatable bonds is 2. The van der Waals surface area contributed by atoms with E-state index in [2.05, 4.69) is 6.58 Å². The van der Waals surface area contributed by atoms with E-state index in [1.807, 2.05) is 6.92 Å². The number of fused-ring (bicyclic) bond motifs is 2. The van der Waals surface area contributed by atoms with Gasteiger partial charge in [-0.3, -0.25) is 9.59 Å². The summed E-state index contributed by atoms with van der Waals surface area (Å²) in [6.07, 6.45) is 0.925. The molecule has 6 rings (SSSR count). The number of carbonyl (C=O) groups is 2. The van der Waals surface area contributed by atoms with Gasteiger partial charge in [0.25, 0.3) is 0 Å². The number of hydrogen-bond donors (Lipinski definition) is 3. The van der Waals surface area contributed by atoms with Crippen molar-refractivity contribution >= 4 is 11.8 Å². The fraction of sp³-hybridized carbons (Fsp3) is 0.818. The van der Waals surface area contributed by atoms with Crippen LogP contribution in [0.15, 0.2) is 12.2 Å². The van der Waals surface area contributed by atoms with Crippen molar-refractivity contribution in [2.75, 3.05) is 13.2 Å². The number of esters is 1. The van der Waals surface area contributed by atoms with Crippen LogP contribution in [0.3, 0.4) is 0 Å². The number of Topliss-reactive ketones (excluding diaryl/α,β-unsaturated/α-hetero) is 1. The van der Waals surface area contributed by atoms with Crippen LogP contribution in [-0.2, 0) is 19.1 Å². The Kier molecular flexibility index (Phi) is 3.86. The first-order valence-corrected chi connectivity index (χ1v) is 10.6. The first kappa shape index (κ1) is 19.7. The normalized spacial score (nSPS) is 55.4. The van der Waals surface area contributed by atoms with E-state index in [4.69, 9.17) is 9.47 Å². The topological polar surface area (TPSA) is 113 Å². The highest BCUT2D eigenvalue weighted by Crippen LogP contribution is 2.76. The largest absolute Gasteiger partial charge is 0.465 e. The van der Waals surface area contributed by atoms with E-state index >= 15 is 0 Å². The Bertz CT molecular complexity index is 809. The molecule has 6 aliphatic rings. The average molecular weight is 406 g/mol. The van der Waals surface area contributed by atoms with Gasteiger partial charge in [-0.1, -0.05) is 19.9 Å². The second-order valence-corrected chi connectivity index (χ2v) is 10.4. The van der Waals surface area contributed by atoms with E-state index in [-0.39, 0.29) is 24.9 Å². The number of allylic oxidation sites excluding steroid dienone is 1. The van der Waals surface area contributed by atoms with E-state index in [1.165, 1.54) is 6.92 Å². The second kappa shape index (κ2) is 5.69. The number of ketones is 1. The molecule has 29 heavy (non-hydrogen) atoms. The monoisotopic (exact) mass is 406 g/mol. The lowest BCUT2D eigenvalue weighted by Crippen LogP contribution is -2.83. The molecule has 2 saturated heterocycles. The molecule has 7 heteroatoms. The molecule has 4 bridgehead atoms. The fourth-order valence-corrected chi connectivity index (χ4v) is 8.23. The van der Waals surface area contributed by atoms with Gasteiger partial charge in [0.1, 0.15) is 6.10 Å². The van der Waals surface area contributed by atoms with Gasteiger partial charge in [0.15, 0.2) is 5.78 Å². The molecule has 0 aromatic rings. The summed E-state index contributed by atoms with van der Waals surface area (Å²) >= 11 is 0. The Morgan fingerprint density at radius 1 is 1.31 bits per heavy atom. The summed E-state index contributed by atoms with van der Waals surface area (Å²) in [7, 11) is 0. The summed E-state index contributed by atoms with van der Waals surface area (Å²) in [6.45, 7) is 7.57. The Labute approximate surface area is 170 Å². The van der Waals surface area contributed by atoms with Crippen LogP contribution in [0.25, 0.3) is 0 Å². The number of ether oxygens (including phenoxy) is 2. The first-order chi connectivity index (χ1) is 13.5. The van der Waals surface area contributed by atoms with E-state index in [1.54, 1.807) is 0 Å². The van der Waals surface area contributed by atoms with E-state index in [0.29, 0.717) is 24.8 Å². The van der Waals surface area contributed by atoms with Gasteiger partial charge >= 0.3 is 5.97 Å². The van der Waals surface area contributed by atoms with Crippen LogP contribution in [0.5, 0.6) is 0 Å². The maximum atomic E-state index is 13.4. The third kappa shape index (κ3) is 2.03. The minimum Gasteiger partial charge on any atom is -0.465 e. The Balaban J connectivity index is 1.68. The molecular weight excluding hydrogens is 376 g/mol. The van der Waals surface area contributed by atoms with Gasteiger partial charge in [-0.2, -0.15) is 0 Å². The van der Waals surface area contributed by atoms with Crippen molar-refractivity contribution in [1.82, 2.24) is 0 Å². The van der Waals surface area contributed by atoms with Crippen molar-refractivity contribution in [3.8, 4) is 0 Å². The highest BCUT2D eigenvalue weighted by Gasteiger charge is 2.84. The molecule has 2 aliphatic heterocycles. The van der Waals surface area contributed by atoms with Crippen LogP contribution in [0.4, 0.5) is 0 Å². The van der Waals surface area contributed by atoms with E-state index in [9.17, 15) is 24.9 Å². The molecule has 160 valence electrons. The van der Waals surface area contributed by atoms with Crippen LogP contribution >= 0.6 is 0 Å². The molecule has 0 radical (unpaired) electrons. The smallest absolute Gasteiger partial charge is 0.302 e. The van der Waals surface area contributed by atoms with Crippen molar-refractivity contribution in [3.05, 3.63) is 12.2 Å². The molecule has 1 unspecified atom stereocenters. The molecule has 2 spiro atoms. The molecule has 2 heterocycles. The SMILES string of the molecule is C=C1C(=O)[C@]23C[C@H]1C[C@@H](O)C2[C@]12CCC[C@@](C)(COC(C)=O)[C@H]1[C@H](O)[C@@]3(O)OC2. The van der Waals surface area contributed by atoms with Gasteiger partial charge in [0.05, 0.1) is 24.7 Å². The Hall–Kier alpha value is -1.28. The van der Waals surface area contributed by atoms with Gasteiger partial charge in [-0.25, -0.2) is 0 Å². The zero-order valence-electron chi connectivity index (χ0n) is 17.0. The molecule has 7 nitrogen and oxygen atoms in total. The van der Waals surface area contributed by atoms with Gasteiger partial charge in [0, 0.05) is 29.6 Å². The van der Waals surface area contributed by atoms with Crippen LogP contribution in [0.1, 0.15) is 46.0 Å². The molecule has 0 aromatic heterocycles. The lowest BCUT2D eigenvalue weighted by Gasteiger charge is -2.74. The molecule has 4 aliphatic carbocycles. The van der Waals surface area contributed by atoms with E-state index in [0.717, 1.165) is 12.8 Å². The Morgan fingerprint density at radius 3 is 2.72 bits per heavy atom. The number of aliphatic hydroxyl groups excluding tert-OH is 2.